The number of thiazole rings is 1. The summed E-state index contributed by atoms with van der Waals surface area (Å²) in [5.74, 6) is -1.26. The molecular weight excluding hydrogens is 304 g/mol. The summed E-state index contributed by atoms with van der Waals surface area (Å²) in [5, 5.41) is 3.98. The smallest absolute Gasteiger partial charge is 0.306 e. The molecule has 2 rings (SSSR count). The zero-order valence-electron chi connectivity index (χ0n) is 11.5. The Balaban J connectivity index is 2.40. The van der Waals surface area contributed by atoms with Gasteiger partial charge >= 0.3 is 6.18 Å². The van der Waals surface area contributed by atoms with Crippen LogP contribution >= 0.6 is 11.3 Å². The van der Waals surface area contributed by atoms with Gasteiger partial charge in [-0.1, -0.05) is 13.0 Å². The lowest BCUT2D eigenvalue weighted by Gasteiger charge is -2.18. The van der Waals surface area contributed by atoms with Gasteiger partial charge in [0.1, 0.15) is 5.82 Å². The molecule has 21 heavy (non-hydrogen) atoms. The van der Waals surface area contributed by atoms with Crippen molar-refractivity contribution < 1.29 is 17.6 Å². The standard InChI is InChI=1S/C14H14F4N2S/c1-3-19-13(12-7-20-8(2)21-12)9-4-5-10(11(15)6-9)14(16,17)18/h4-7,13,19H,3H2,1-2H3. The number of benzene rings is 1. The first-order chi connectivity index (χ1) is 9.82. The maximum atomic E-state index is 13.7. The van der Waals surface area contributed by atoms with Crippen molar-refractivity contribution in [3.8, 4) is 0 Å². The molecule has 0 aliphatic carbocycles. The summed E-state index contributed by atoms with van der Waals surface area (Å²) in [7, 11) is 0. The van der Waals surface area contributed by atoms with Gasteiger partial charge in [-0.3, -0.25) is 0 Å². The van der Waals surface area contributed by atoms with Crippen molar-refractivity contribution in [2.75, 3.05) is 6.54 Å². The third-order valence-corrected chi connectivity index (χ3v) is 3.94. The molecular formula is C14H14F4N2S. The largest absolute Gasteiger partial charge is 0.419 e. The molecule has 0 spiro atoms. The molecule has 0 amide bonds. The minimum absolute atomic E-state index is 0.363. The second-order valence-electron chi connectivity index (χ2n) is 4.51. The van der Waals surface area contributed by atoms with Gasteiger partial charge in [0.15, 0.2) is 0 Å². The number of rotatable bonds is 4. The highest BCUT2D eigenvalue weighted by molar-refractivity contribution is 7.11. The summed E-state index contributed by atoms with van der Waals surface area (Å²) < 4.78 is 51.5. The Morgan fingerprint density at radius 1 is 1.33 bits per heavy atom. The molecule has 0 saturated carbocycles. The Labute approximate surface area is 123 Å². The van der Waals surface area contributed by atoms with Crippen LogP contribution in [0, 0.1) is 12.7 Å². The Morgan fingerprint density at radius 3 is 2.52 bits per heavy atom. The van der Waals surface area contributed by atoms with Gasteiger partial charge in [0, 0.05) is 11.1 Å². The monoisotopic (exact) mass is 318 g/mol. The van der Waals surface area contributed by atoms with E-state index < -0.39 is 17.6 Å². The van der Waals surface area contributed by atoms with Gasteiger partial charge in [0.2, 0.25) is 0 Å². The lowest BCUT2D eigenvalue weighted by atomic mass is 10.0. The van der Waals surface area contributed by atoms with Crippen molar-refractivity contribution in [3.05, 3.63) is 51.2 Å². The summed E-state index contributed by atoms with van der Waals surface area (Å²) in [5.41, 5.74) is -0.798. The van der Waals surface area contributed by atoms with E-state index >= 15 is 0 Å². The van der Waals surface area contributed by atoms with Crippen molar-refractivity contribution in [1.82, 2.24) is 10.3 Å². The molecule has 1 aromatic heterocycles. The van der Waals surface area contributed by atoms with Crippen LogP contribution in [-0.4, -0.2) is 11.5 Å². The molecule has 2 nitrogen and oxygen atoms in total. The molecule has 7 heteroatoms. The van der Waals surface area contributed by atoms with Gasteiger partial charge in [0.05, 0.1) is 16.6 Å². The number of nitrogens with zero attached hydrogens (tertiary/aromatic N) is 1. The molecule has 0 bridgehead atoms. The molecule has 114 valence electrons. The van der Waals surface area contributed by atoms with Crippen molar-refractivity contribution in [2.45, 2.75) is 26.1 Å². The fourth-order valence-corrected chi connectivity index (χ4v) is 2.93. The van der Waals surface area contributed by atoms with Crippen LogP contribution in [-0.2, 0) is 6.18 Å². The highest BCUT2D eigenvalue weighted by atomic mass is 32.1. The molecule has 0 aliphatic rings. The Kier molecular flexibility index (Phi) is 4.63. The fraction of sp³-hybridized carbons (Fsp3) is 0.357. The van der Waals surface area contributed by atoms with Crippen molar-refractivity contribution in [1.29, 1.82) is 0 Å². The second kappa shape index (κ2) is 6.11. The van der Waals surface area contributed by atoms with Crippen LogP contribution in [0.3, 0.4) is 0 Å². The average molecular weight is 318 g/mol. The van der Waals surface area contributed by atoms with Crippen LogP contribution in [0.2, 0.25) is 0 Å². The zero-order chi connectivity index (χ0) is 15.6. The minimum Gasteiger partial charge on any atom is -0.306 e. The van der Waals surface area contributed by atoms with Crippen LogP contribution in [0.25, 0.3) is 0 Å². The lowest BCUT2D eigenvalue weighted by molar-refractivity contribution is -0.140. The minimum atomic E-state index is -4.68. The van der Waals surface area contributed by atoms with E-state index in [1.54, 1.807) is 6.20 Å². The number of aromatic nitrogens is 1. The predicted molar refractivity (Wildman–Crippen MR) is 73.8 cm³/mol. The molecule has 1 aromatic carbocycles. The number of hydrogen-bond acceptors (Lipinski definition) is 3. The van der Waals surface area contributed by atoms with Crippen molar-refractivity contribution >= 4 is 11.3 Å². The van der Waals surface area contributed by atoms with Gasteiger partial charge in [-0.15, -0.1) is 11.3 Å². The molecule has 0 saturated heterocycles. The Bertz CT molecular complexity index is 622. The first-order valence-corrected chi connectivity index (χ1v) is 7.17. The third-order valence-electron chi connectivity index (χ3n) is 2.96. The summed E-state index contributed by atoms with van der Waals surface area (Å²) in [6, 6.07) is 2.65. The molecule has 1 unspecified atom stereocenters. The third kappa shape index (κ3) is 3.59. The zero-order valence-corrected chi connectivity index (χ0v) is 12.3. The van der Waals surface area contributed by atoms with Gasteiger partial charge in [-0.25, -0.2) is 9.37 Å². The summed E-state index contributed by atoms with van der Waals surface area (Å²) in [6.07, 6.45) is -3.03. The van der Waals surface area contributed by atoms with E-state index in [4.69, 9.17) is 0 Å². The van der Waals surface area contributed by atoms with Crippen molar-refractivity contribution in [2.24, 2.45) is 0 Å². The molecule has 1 N–H and O–H groups in total. The van der Waals surface area contributed by atoms with Crippen LogP contribution < -0.4 is 5.32 Å². The number of aryl methyl sites for hydroxylation is 1. The molecule has 1 heterocycles. The van der Waals surface area contributed by atoms with E-state index in [-0.39, 0.29) is 6.04 Å². The average Bonchev–Trinajstić information content (AvgIpc) is 2.80. The van der Waals surface area contributed by atoms with Gasteiger partial charge in [-0.05, 0) is 31.2 Å². The number of alkyl halides is 3. The number of nitrogens with one attached hydrogen (secondary N) is 1. The van der Waals surface area contributed by atoms with Crippen LogP contribution in [0.4, 0.5) is 17.6 Å². The topological polar surface area (TPSA) is 24.9 Å². The summed E-state index contributed by atoms with van der Waals surface area (Å²) in [4.78, 5) is 4.97. The Morgan fingerprint density at radius 2 is 2.05 bits per heavy atom. The van der Waals surface area contributed by atoms with E-state index in [9.17, 15) is 17.6 Å². The van der Waals surface area contributed by atoms with Gasteiger partial charge in [-0.2, -0.15) is 13.2 Å². The number of halogens is 4. The first-order valence-electron chi connectivity index (χ1n) is 6.35. The summed E-state index contributed by atoms with van der Waals surface area (Å²) in [6.45, 7) is 4.32. The van der Waals surface area contributed by atoms with E-state index in [1.807, 2.05) is 13.8 Å². The van der Waals surface area contributed by atoms with E-state index in [1.165, 1.54) is 17.4 Å². The Hall–Kier alpha value is -1.47. The van der Waals surface area contributed by atoms with Crippen molar-refractivity contribution in [3.63, 3.8) is 0 Å². The normalized spacial score (nSPS) is 13.4. The molecule has 0 aliphatic heterocycles. The SMILES string of the molecule is CCNC(c1ccc(C(F)(F)F)c(F)c1)c1cnc(C)s1. The highest BCUT2D eigenvalue weighted by Gasteiger charge is 2.34. The van der Waals surface area contributed by atoms with E-state index in [0.717, 1.165) is 22.0 Å². The second-order valence-corrected chi connectivity index (χ2v) is 5.78. The molecule has 2 aromatic rings. The van der Waals surface area contributed by atoms with E-state index in [0.29, 0.717) is 12.1 Å². The molecule has 1 atom stereocenters. The highest BCUT2D eigenvalue weighted by Crippen LogP contribution is 2.34. The van der Waals surface area contributed by atoms with Crippen LogP contribution in [0.1, 0.15) is 34.0 Å². The summed E-state index contributed by atoms with van der Waals surface area (Å²) >= 11 is 1.43. The lowest BCUT2D eigenvalue weighted by Crippen LogP contribution is -2.21. The van der Waals surface area contributed by atoms with Gasteiger partial charge in [0.25, 0.3) is 0 Å². The predicted octanol–water partition coefficient (Wildman–Crippen LogP) is 4.31. The molecule has 0 radical (unpaired) electrons. The molecule has 0 fully saturated rings. The van der Waals surface area contributed by atoms with Gasteiger partial charge < -0.3 is 5.32 Å². The maximum Gasteiger partial charge on any atom is 0.419 e. The quantitative estimate of drug-likeness (QED) is 0.850. The maximum absolute atomic E-state index is 13.7. The van der Waals surface area contributed by atoms with Crippen LogP contribution in [0.5, 0.6) is 0 Å². The number of hydrogen-bond donors (Lipinski definition) is 1. The van der Waals surface area contributed by atoms with Crippen LogP contribution in [0.15, 0.2) is 24.4 Å². The fourth-order valence-electron chi connectivity index (χ4n) is 2.04. The first kappa shape index (κ1) is 15.9. The van der Waals surface area contributed by atoms with E-state index in [2.05, 4.69) is 10.3 Å².